The smallest absolute Gasteiger partial charge is 0.326 e. The van der Waals surface area contributed by atoms with E-state index in [0.717, 1.165) is 31.6 Å². The van der Waals surface area contributed by atoms with Crippen LogP contribution < -0.4 is 20.7 Å². The number of nitrogens with zero attached hydrogens (tertiary/aromatic N) is 1. The Labute approximate surface area is 211 Å². The molecule has 194 valence electrons. The SMILES string of the molecule is CCOC(=O)C(CNC(=O)CC1CCN(c2ccc(C(=N)N)cc2)CC1)NS(=O)(=O)c1ccccc1. The van der Waals surface area contributed by atoms with Gasteiger partial charge in [-0.05, 0) is 62.1 Å². The van der Waals surface area contributed by atoms with Crippen LogP contribution in [0.15, 0.2) is 59.5 Å². The second-order valence-corrected chi connectivity index (χ2v) is 10.4. The maximum Gasteiger partial charge on any atom is 0.326 e. The fourth-order valence-electron chi connectivity index (χ4n) is 4.07. The van der Waals surface area contributed by atoms with Crippen LogP contribution in [0.3, 0.4) is 0 Å². The fraction of sp³-hybridized carbons (Fsp3) is 0.400. The van der Waals surface area contributed by atoms with Crippen LogP contribution in [0.1, 0.15) is 31.7 Å². The van der Waals surface area contributed by atoms with Gasteiger partial charge in [-0.2, -0.15) is 4.72 Å². The van der Waals surface area contributed by atoms with E-state index in [1.165, 1.54) is 12.1 Å². The van der Waals surface area contributed by atoms with E-state index in [4.69, 9.17) is 15.9 Å². The second-order valence-electron chi connectivity index (χ2n) is 8.64. The van der Waals surface area contributed by atoms with Gasteiger partial charge < -0.3 is 20.7 Å². The maximum absolute atomic E-state index is 12.7. The number of hydrogen-bond donors (Lipinski definition) is 4. The lowest BCUT2D eigenvalue weighted by atomic mass is 9.93. The Bertz CT molecular complexity index is 1150. The number of carbonyl (C=O) groups excluding carboxylic acids is 2. The third-order valence-electron chi connectivity index (χ3n) is 6.06. The summed E-state index contributed by atoms with van der Waals surface area (Å²) in [5.74, 6) is -0.780. The van der Waals surface area contributed by atoms with Gasteiger partial charge in [-0.15, -0.1) is 0 Å². The fourth-order valence-corrected chi connectivity index (χ4v) is 5.27. The molecular formula is C25H33N5O5S. The van der Waals surface area contributed by atoms with Crippen molar-refractivity contribution in [3.63, 3.8) is 0 Å². The van der Waals surface area contributed by atoms with E-state index < -0.39 is 22.0 Å². The van der Waals surface area contributed by atoms with Crippen molar-refractivity contribution < 1.29 is 22.7 Å². The molecule has 1 aliphatic heterocycles. The molecule has 0 bridgehead atoms. The number of sulfonamides is 1. The van der Waals surface area contributed by atoms with E-state index in [0.29, 0.717) is 5.56 Å². The summed E-state index contributed by atoms with van der Waals surface area (Å²) in [6.45, 7) is 3.10. The summed E-state index contributed by atoms with van der Waals surface area (Å²) in [5.41, 5.74) is 7.24. The first-order valence-corrected chi connectivity index (χ1v) is 13.4. The lowest BCUT2D eigenvalue weighted by Crippen LogP contribution is -2.49. The molecule has 1 fully saturated rings. The van der Waals surface area contributed by atoms with Crippen LogP contribution in [0.2, 0.25) is 0 Å². The predicted octanol–water partition coefficient (Wildman–Crippen LogP) is 1.60. The molecular weight excluding hydrogens is 482 g/mol. The lowest BCUT2D eigenvalue weighted by molar-refractivity contribution is -0.145. The number of esters is 1. The van der Waals surface area contributed by atoms with Crippen molar-refractivity contribution >= 4 is 33.4 Å². The van der Waals surface area contributed by atoms with Crippen LogP contribution >= 0.6 is 0 Å². The zero-order valence-electron chi connectivity index (χ0n) is 20.3. The van der Waals surface area contributed by atoms with Gasteiger partial charge >= 0.3 is 5.97 Å². The van der Waals surface area contributed by atoms with Gasteiger partial charge in [0.05, 0.1) is 11.5 Å². The Morgan fingerprint density at radius 3 is 2.33 bits per heavy atom. The highest BCUT2D eigenvalue weighted by Crippen LogP contribution is 2.25. The minimum absolute atomic E-state index is 0.0216. The third kappa shape index (κ3) is 7.53. The quantitative estimate of drug-likeness (QED) is 0.201. The van der Waals surface area contributed by atoms with E-state index >= 15 is 0 Å². The van der Waals surface area contributed by atoms with Gasteiger partial charge in [0.15, 0.2) is 0 Å². The number of nitrogens with one attached hydrogen (secondary N) is 3. The Morgan fingerprint density at radius 1 is 1.11 bits per heavy atom. The molecule has 5 N–H and O–H groups in total. The summed E-state index contributed by atoms with van der Waals surface area (Å²) < 4.78 is 32.7. The van der Waals surface area contributed by atoms with Gasteiger partial charge in [0.25, 0.3) is 0 Å². The third-order valence-corrected chi connectivity index (χ3v) is 7.55. The molecule has 1 aliphatic rings. The van der Waals surface area contributed by atoms with Crippen molar-refractivity contribution in [1.82, 2.24) is 10.0 Å². The number of anilines is 1. The first-order chi connectivity index (χ1) is 17.2. The van der Waals surface area contributed by atoms with Crippen molar-refractivity contribution in [2.75, 3.05) is 31.1 Å². The van der Waals surface area contributed by atoms with Gasteiger partial charge in [0.2, 0.25) is 15.9 Å². The molecule has 36 heavy (non-hydrogen) atoms. The minimum atomic E-state index is -3.96. The number of benzene rings is 2. The monoisotopic (exact) mass is 515 g/mol. The second kappa shape index (κ2) is 12.5. The lowest BCUT2D eigenvalue weighted by Gasteiger charge is -2.33. The largest absolute Gasteiger partial charge is 0.465 e. The van der Waals surface area contributed by atoms with Crippen molar-refractivity contribution in [2.45, 2.75) is 37.1 Å². The molecule has 0 aromatic heterocycles. The number of nitrogens with two attached hydrogens (primary N) is 1. The number of nitrogen functional groups attached to an aromatic ring is 1. The average molecular weight is 516 g/mol. The predicted molar refractivity (Wildman–Crippen MR) is 137 cm³/mol. The van der Waals surface area contributed by atoms with E-state index in [9.17, 15) is 18.0 Å². The first-order valence-electron chi connectivity index (χ1n) is 11.9. The average Bonchev–Trinajstić information content (AvgIpc) is 2.87. The number of amides is 1. The van der Waals surface area contributed by atoms with Gasteiger partial charge in [-0.25, -0.2) is 8.42 Å². The molecule has 2 aromatic carbocycles. The molecule has 0 spiro atoms. The van der Waals surface area contributed by atoms with Crippen LogP contribution in [0.25, 0.3) is 0 Å². The first kappa shape index (κ1) is 27.2. The summed E-state index contributed by atoms with van der Waals surface area (Å²) >= 11 is 0. The van der Waals surface area contributed by atoms with Crippen LogP contribution in [0, 0.1) is 11.3 Å². The molecule has 1 unspecified atom stereocenters. The Balaban J connectivity index is 1.51. The molecule has 1 amide bonds. The summed E-state index contributed by atoms with van der Waals surface area (Å²) in [5, 5.41) is 10.2. The number of hydrogen-bond acceptors (Lipinski definition) is 7. The highest BCUT2D eigenvalue weighted by atomic mass is 32.2. The topological polar surface area (TPSA) is 155 Å². The number of piperidine rings is 1. The van der Waals surface area contributed by atoms with Crippen molar-refractivity contribution in [3.8, 4) is 0 Å². The van der Waals surface area contributed by atoms with Gasteiger partial charge in [-0.1, -0.05) is 18.2 Å². The van der Waals surface area contributed by atoms with Crippen molar-refractivity contribution in [1.29, 1.82) is 5.41 Å². The number of carbonyl (C=O) groups is 2. The molecule has 1 atom stereocenters. The van der Waals surface area contributed by atoms with E-state index in [1.54, 1.807) is 25.1 Å². The van der Waals surface area contributed by atoms with E-state index in [1.807, 2.05) is 24.3 Å². The molecule has 0 radical (unpaired) electrons. The normalized spacial score (nSPS) is 15.2. The molecule has 0 saturated carbocycles. The van der Waals surface area contributed by atoms with Crippen LogP contribution in [0.4, 0.5) is 5.69 Å². The summed E-state index contributed by atoms with van der Waals surface area (Å²) in [7, 11) is -3.96. The highest BCUT2D eigenvalue weighted by Gasteiger charge is 2.28. The summed E-state index contributed by atoms with van der Waals surface area (Å²) in [6.07, 6.45) is 1.94. The Morgan fingerprint density at radius 2 is 1.75 bits per heavy atom. The molecule has 11 heteroatoms. The molecule has 3 rings (SSSR count). The van der Waals surface area contributed by atoms with E-state index in [2.05, 4.69) is 14.9 Å². The number of ether oxygens (including phenoxy) is 1. The zero-order valence-corrected chi connectivity index (χ0v) is 21.1. The maximum atomic E-state index is 12.7. The van der Waals surface area contributed by atoms with Gasteiger partial charge in [0, 0.05) is 37.3 Å². The van der Waals surface area contributed by atoms with Crippen molar-refractivity contribution in [2.24, 2.45) is 11.7 Å². The Kier molecular flexibility index (Phi) is 9.43. The molecule has 0 aliphatic carbocycles. The molecule has 10 nitrogen and oxygen atoms in total. The molecule has 2 aromatic rings. The Hall–Kier alpha value is -3.44. The van der Waals surface area contributed by atoms with Crippen LogP contribution in [0.5, 0.6) is 0 Å². The molecule has 1 heterocycles. The summed E-state index contributed by atoms with van der Waals surface area (Å²) in [4.78, 5) is 27.2. The number of amidine groups is 1. The zero-order chi connectivity index (χ0) is 26.1. The molecule has 1 saturated heterocycles. The van der Waals surface area contributed by atoms with Crippen molar-refractivity contribution in [3.05, 3.63) is 60.2 Å². The highest BCUT2D eigenvalue weighted by molar-refractivity contribution is 7.89. The standard InChI is InChI=1S/C25H33N5O5S/c1-2-35-25(32)22(29-36(33,34)21-6-4-3-5-7-21)17-28-23(31)16-18-12-14-30(15-13-18)20-10-8-19(9-11-20)24(26)27/h3-11,18,22,29H,2,12-17H2,1H3,(H3,26,27)(H,28,31). The minimum Gasteiger partial charge on any atom is -0.465 e. The number of rotatable bonds is 11. The van der Waals surface area contributed by atoms with Crippen LogP contribution in [-0.4, -0.2) is 58.4 Å². The van der Waals surface area contributed by atoms with Gasteiger partial charge in [-0.3, -0.25) is 15.0 Å². The summed E-state index contributed by atoms with van der Waals surface area (Å²) in [6, 6.07) is 14.0. The van der Waals surface area contributed by atoms with E-state index in [-0.39, 0.29) is 42.1 Å². The van der Waals surface area contributed by atoms with Gasteiger partial charge in [0.1, 0.15) is 11.9 Å². The van der Waals surface area contributed by atoms with Crippen LogP contribution in [-0.2, 0) is 24.3 Å².